The van der Waals surface area contributed by atoms with E-state index in [1.54, 1.807) is 6.07 Å². The average molecular weight is 319 g/mol. The van der Waals surface area contributed by atoms with Crippen molar-refractivity contribution in [1.29, 1.82) is 0 Å². The van der Waals surface area contributed by atoms with E-state index < -0.39 is 0 Å². The van der Waals surface area contributed by atoms with Crippen LogP contribution in [0.15, 0.2) is 24.3 Å². The van der Waals surface area contributed by atoms with Crippen molar-refractivity contribution in [3.05, 3.63) is 24.3 Å². The van der Waals surface area contributed by atoms with E-state index in [1.807, 2.05) is 18.2 Å². The van der Waals surface area contributed by atoms with Crippen LogP contribution in [0.5, 0.6) is 0 Å². The van der Waals surface area contributed by atoms with E-state index in [9.17, 15) is 9.59 Å². The lowest BCUT2D eigenvalue weighted by molar-refractivity contribution is -0.120. The van der Waals surface area contributed by atoms with E-state index in [1.165, 1.54) is 13.3 Å². The Morgan fingerprint density at radius 1 is 1.09 bits per heavy atom. The molecule has 0 unspecified atom stereocenters. The van der Waals surface area contributed by atoms with Crippen LogP contribution < -0.4 is 16.0 Å². The number of carbonyl (C=O) groups excluding carboxylic acids is 2. The van der Waals surface area contributed by atoms with Gasteiger partial charge in [-0.05, 0) is 43.3 Å². The molecule has 0 saturated heterocycles. The fraction of sp³-hybridized carbons (Fsp3) is 0.438. The molecule has 1 saturated carbocycles. The van der Waals surface area contributed by atoms with E-state index in [4.69, 9.17) is 12.2 Å². The molecule has 22 heavy (non-hydrogen) atoms. The summed E-state index contributed by atoms with van der Waals surface area (Å²) in [5, 5.41) is 8.61. The van der Waals surface area contributed by atoms with Crippen LogP contribution in [-0.2, 0) is 9.59 Å². The molecule has 0 heterocycles. The Morgan fingerprint density at radius 2 is 1.73 bits per heavy atom. The summed E-state index contributed by atoms with van der Waals surface area (Å²) in [6.45, 7) is 1.40. The molecular formula is C16H21N3O2S. The number of rotatable bonds is 3. The lowest BCUT2D eigenvalue weighted by Gasteiger charge is -2.21. The molecular weight excluding hydrogens is 298 g/mol. The van der Waals surface area contributed by atoms with Gasteiger partial charge in [0.1, 0.15) is 0 Å². The molecule has 3 N–H and O–H groups in total. The van der Waals surface area contributed by atoms with E-state index in [0.29, 0.717) is 0 Å². The molecule has 1 aliphatic carbocycles. The smallest absolute Gasteiger partial charge is 0.227 e. The van der Waals surface area contributed by atoms with Crippen molar-refractivity contribution >= 4 is 40.5 Å². The highest BCUT2D eigenvalue weighted by molar-refractivity contribution is 7.80. The number of carbonyl (C=O) groups is 2. The Morgan fingerprint density at radius 3 is 2.36 bits per heavy atom. The van der Waals surface area contributed by atoms with Gasteiger partial charge in [-0.1, -0.05) is 25.3 Å². The van der Waals surface area contributed by atoms with Gasteiger partial charge in [0.2, 0.25) is 11.8 Å². The number of hydrogen-bond acceptors (Lipinski definition) is 3. The van der Waals surface area contributed by atoms with E-state index in [2.05, 4.69) is 16.0 Å². The molecule has 2 rings (SSSR count). The predicted molar refractivity (Wildman–Crippen MR) is 91.7 cm³/mol. The second-order valence-electron chi connectivity index (χ2n) is 5.54. The minimum absolute atomic E-state index is 0.0845. The molecule has 2 amide bonds. The third-order valence-corrected chi connectivity index (χ3v) is 3.86. The fourth-order valence-corrected chi connectivity index (χ4v) is 2.87. The molecule has 6 heteroatoms. The van der Waals surface area contributed by atoms with Crippen molar-refractivity contribution in [3.8, 4) is 0 Å². The molecule has 5 nitrogen and oxygen atoms in total. The number of hydrogen-bond donors (Lipinski definition) is 3. The van der Waals surface area contributed by atoms with Crippen molar-refractivity contribution in [3.63, 3.8) is 0 Å². The largest absolute Gasteiger partial charge is 0.332 e. The molecule has 0 atom stereocenters. The molecule has 118 valence electrons. The van der Waals surface area contributed by atoms with Crippen LogP contribution in [0, 0.1) is 5.92 Å². The summed E-state index contributed by atoms with van der Waals surface area (Å²) >= 11 is 5.02. The first-order chi connectivity index (χ1) is 10.5. The lowest BCUT2D eigenvalue weighted by atomic mass is 9.88. The second-order valence-corrected chi connectivity index (χ2v) is 5.95. The lowest BCUT2D eigenvalue weighted by Crippen LogP contribution is -2.32. The average Bonchev–Trinajstić information content (AvgIpc) is 2.47. The molecule has 1 fully saturated rings. The highest BCUT2D eigenvalue weighted by Gasteiger charge is 2.21. The Bertz CT molecular complexity index is 568. The maximum atomic E-state index is 12.2. The van der Waals surface area contributed by atoms with E-state index in [0.717, 1.165) is 37.1 Å². The zero-order valence-electron chi connectivity index (χ0n) is 12.6. The number of anilines is 2. The predicted octanol–water partition coefficient (Wildman–Crippen LogP) is 3.04. The van der Waals surface area contributed by atoms with Gasteiger partial charge in [0.15, 0.2) is 5.11 Å². The van der Waals surface area contributed by atoms with Crippen molar-refractivity contribution in [2.24, 2.45) is 5.92 Å². The molecule has 0 radical (unpaired) electrons. The number of amides is 2. The number of nitrogens with one attached hydrogen (secondary N) is 3. The van der Waals surface area contributed by atoms with Gasteiger partial charge in [-0.2, -0.15) is 0 Å². The zero-order valence-corrected chi connectivity index (χ0v) is 13.5. The summed E-state index contributed by atoms with van der Waals surface area (Å²) < 4.78 is 0. The van der Waals surface area contributed by atoms with Gasteiger partial charge >= 0.3 is 0 Å². The van der Waals surface area contributed by atoms with Crippen LogP contribution >= 0.6 is 12.2 Å². The van der Waals surface area contributed by atoms with E-state index >= 15 is 0 Å². The molecule has 1 aromatic carbocycles. The van der Waals surface area contributed by atoms with Crippen LogP contribution in [-0.4, -0.2) is 16.9 Å². The molecule has 0 aromatic heterocycles. The third kappa shape index (κ3) is 5.11. The Balaban J connectivity index is 1.94. The molecule has 0 aliphatic heterocycles. The van der Waals surface area contributed by atoms with E-state index in [-0.39, 0.29) is 22.8 Å². The first-order valence-electron chi connectivity index (χ1n) is 7.54. The second kappa shape index (κ2) is 7.89. The Hall–Kier alpha value is -1.95. The number of thiocarbonyl (C=S) groups is 1. The minimum Gasteiger partial charge on any atom is -0.332 e. The van der Waals surface area contributed by atoms with Crippen LogP contribution in [0.4, 0.5) is 11.4 Å². The van der Waals surface area contributed by atoms with Crippen LogP contribution in [0.3, 0.4) is 0 Å². The van der Waals surface area contributed by atoms with Gasteiger partial charge in [-0.25, -0.2) is 0 Å². The van der Waals surface area contributed by atoms with Gasteiger partial charge in [0.05, 0.1) is 0 Å². The molecule has 1 aromatic rings. The minimum atomic E-state index is -0.223. The summed E-state index contributed by atoms with van der Waals surface area (Å²) in [6, 6.07) is 7.29. The topological polar surface area (TPSA) is 70.2 Å². The van der Waals surface area contributed by atoms with Crippen LogP contribution in [0.2, 0.25) is 0 Å². The van der Waals surface area contributed by atoms with Gasteiger partial charge < -0.3 is 16.0 Å². The summed E-state index contributed by atoms with van der Waals surface area (Å²) in [7, 11) is 0. The number of benzene rings is 1. The third-order valence-electron chi connectivity index (χ3n) is 3.65. The Labute approximate surface area is 135 Å². The molecule has 1 aliphatic rings. The standard InChI is InChI=1S/C16H21N3O2S/c1-11(20)17-16(22)19-14-9-5-8-13(10-14)18-15(21)12-6-3-2-4-7-12/h5,8-10,12H,2-4,6-7H2,1H3,(H,18,21)(H2,17,19,20,22). The summed E-state index contributed by atoms with van der Waals surface area (Å²) in [5.74, 6) is -0.0219. The molecule has 0 bridgehead atoms. The first kappa shape index (κ1) is 16.4. The Kier molecular flexibility index (Phi) is 5.89. The summed E-state index contributed by atoms with van der Waals surface area (Å²) in [5.41, 5.74) is 1.45. The van der Waals surface area contributed by atoms with Crippen LogP contribution in [0.25, 0.3) is 0 Å². The van der Waals surface area contributed by atoms with Gasteiger partial charge in [0, 0.05) is 24.2 Å². The zero-order chi connectivity index (χ0) is 15.9. The quantitative estimate of drug-likeness (QED) is 0.749. The highest BCUT2D eigenvalue weighted by atomic mass is 32.1. The normalized spacial score (nSPS) is 15.0. The van der Waals surface area contributed by atoms with Gasteiger partial charge in [0.25, 0.3) is 0 Å². The van der Waals surface area contributed by atoms with Gasteiger partial charge in [-0.15, -0.1) is 0 Å². The van der Waals surface area contributed by atoms with Crippen molar-refractivity contribution in [1.82, 2.24) is 5.32 Å². The first-order valence-corrected chi connectivity index (χ1v) is 7.95. The maximum absolute atomic E-state index is 12.2. The fourth-order valence-electron chi connectivity index (χ4n) is 2.61. The summed E-state index contributed by atoms with van der Waals surface area (Å²) in [4.78, 5) is 23.2. The molecule has 0 spiro atoms. The SMILES string of the molecule is CC(=O)NC(=S)Nc1cccc(NC(=O)C2CCCCC2)c1. The van der Waals surface area contributed by atoms with Gasteiger partial charge in [-0.3, -0.25) is 9.59 Å². The highest BCUT2D eigenvalue weighted by Crippen LogP contribution is 2.25. The van der Waals surface area contributed by atoms with Crippen molar-refractivity contribution < 1.29 is 9.59 Å². The van der Waals surface area contributed by atoms with Crippen molar-refractivity contribution in [2.75, 3.05) is 10.6 Å². The maximum Gasteiger partial charge on any atom is 0.227 e. The van der Waals surface area contributed by atoms with Crippen molar-refractivity contribution in [2.45, 2.75) is 39.0 Å². The monoisotopic (exact) mass is 319 g/mol. The van der Waals surface area contributed by atoms with Crippen LogP contribution in [0.1, 0.15) is 39.0 Å². The summed E-state index contributed by atoms with van der Waals surface area (Å²) in [6.07, 6.45) is 5.42.